The van der Waals surface area contributed by atoms with E-state index in [4.69, 9.17) is 0 Å². The van der Waals surface area contributed by atoms with E-state index in [9.17, 15) is 9.90 Å². The molecule has 0 bridgehead atoms. The number of nitrogens with zero attached hydrogens (tertiary/aromatic N) is 2. The van der Waals surface area contributed by atoms with Gasteiger partial charge in [0.2, 0.25) is 0 Å². The molecule has 1 aromatic heterocycles. The van der Waals surface area contributed by atoms with Gasteiger partial charge in [-0.15, -0.1) is 0 Å². The Hall–Kier alpha value is 0.0300. The first kappa shape index (κ1) is 12.0. The molecule has 0 amide bonds. The maximum atomic E-state index is 10.3. The van der Waals surface area contributed by atoms with Gasteiger partial charge >= 0.3 is 29.6 Å². The van der Waals surface area contributed by atoms with E-state index in [0.29, 0.717) is 5.16 Å². The van der Waals surface area contributed by atoms with Gasteiger partial charge in [-0.05, 0) is 6.26 Å². The molecule has 0 N–H and O–H groups in total. The van der Waals surface area contributed by atoms with Crippen LogP contribution in [0.25, 0.3) is 0 Å². The quantitative estimate of drug-likeness (QED) is 0.362. The van der Waals surface area contributed by atoms with Crippen LogP contribution in [0.3, 0.4) is 0 Å². The van der Waals surface area contributed by atoms with Crippen LogP contribution in [0.4, 0.5) is 0 Å². The number of aromatic nitrogens is 2. The predicted octanol–water partition coefficient (Wildman–Crippen LogP) is -3.49. The number of thioether (sulfide) groups is 1. The second kappa shape index (κ2) is 4.91. The van der Waals surface area contributed by atoms with E-state index in [1.807, 2.05) is 6.26 Å². The van der Waals surface area contributed by atoms with E-state index in [0.717, 1.165) is 0 Å². The third kappa shape index (κ3) is 2.52. The Morgan fingerprint density at radius 1 is 1.75 bits per heavy atom. The monoisotopic (exact) mass is 194 g/mol. The summed E-state index contributed by atoms with van der Waals surface area (Å²) >= 11 is 1.39. The first-order chi connectivity index (χ1) is 5.15. The van der Waals surface area contributed by atoms with Crippen LogP contribution < -0.4 is 34.7 Å². The average molecular weight is 194 g/mol. The minimum atomic E-state index is -1.24. The topological polar surface area (TPSA) is 57.9 Å². The first-order valence-electron chi connectivity index (χ1n) is 2.94. The molecule has 0 spiro atoms. The number of aromatic carboxylic acids is 1. The summed E-state index contributed by atoms with van der Waals surface area (Å²) in [7, 11) is 1.74. The Balaban J connectivity index is 0.00000121. The van der Waals surface area contributed by atoms with Crippen LogP contribution in [-0.4, -0.2) is 21.8 Å². The molecule has 0 fully saturated rings. The SMILES string of the molecule is CSc1nc(C(=O)[O-])cn1C.[Na+]. The summed E-state index contributed by atoms with van der Waals surface area (Å²) in [5, 5.41) is 11.0. The number of carboxylic acid groups (broad SMARTS) is 1. The number of imidazole rings is 1. The van der Waals surface area contributed by atoms with Crippen molar-refractivity contribution in [2.24, 2.45) is 7.05 Å². The third-order valence-electron chi connectivity index (χ3n) is 1.23. The molecule has 0 radical (unpaired) electrons. The van der Waals surface area contributed by atoms with E-state index < -0.39 is 5.97 Å². The van der Waals surface area contributed by atoms with Crippen LogP contribution in [0.5, 0.6) is 0 Å². The average Bonchev–Trinajstić information content (AvgIpc) is 2.31. The van der Waals surface area contributed by atoms with Crippen molar-refractivity contribution in [3.05, 3.63) is 11.9 Å². The number of carbonyl (C=O) groups is 1. The van der Waals surface area contributed by atoms with Gasteiger partial charge in [0.15, 0.2) is 5.16 Å². The summed E-state index contributed by atoms with van der Waals surface area (Å²) in [6.07, 6.45) is 3.27. The number of carbonyl (C=O) groups excluding carboxylic acids is 1. The molecule has 0 unspecified atom stereocenters. The molecule has 12 heavy (non-hydrogen) atoms. The van der Waals surface area contributed by atoms with Crippen molar-refractivity contribution < 1.29 is 39.5 Å². The molecular weight excluding hydrogens is 187 g/mol. The van der Waals surface area contributed by atoms with Crippen LogP contribution in [0.1, 0.15) is 10.5 Å². The molecule has 0 aromatic carbocycles. The van der Waals surface area contributed by atoms with Gasteiger partial charge in [-0.2, -0.15) is 0 Å². The Morgan fingerprint density at radius 2 is 2.33 bits per heavy atom. The van der Waals surface area contributed by atoms with E-state index >= 15 is 0 Å². The normalized spacial score (nSPS) is 9.17. The number of hydrogen-bond acceptors (Lipinski definition) is 4. The van der Waals surface area contributed by atoms with Gasteiger partial charge in [-0.1, -0.05) is 11.8 Å². The molecular formula is C6H7N2NaO2S. The molecule has 0 aliphatic carbocycles. The number of aryl methyl sites for hydroxylation is 1. The van der Waals surface area contributed by atoms with Gasteiger partial charge in [-0.25, -0.2) is 4.98 Å². The van der Waals surface area contributed by atoms with E-state index in [1.165, 1.54) is 18.0 Å². The van der Waals surface area contributed by atoms with E-state index in [1.54, 1.807) is 11.6 Å². The zero-order valence-electron chi connectivity index (χ0n) is 7.20. The van der Waals surface area contributed by atoms with Crippen molar-refractivity contribution in [3.8, 4) is 0 Å². The fourth-order valence-electron chi connectivity index (χ4n) is 0.737. The first-order valence-corrected chi connectivity index (χ1v) is 4.16. The summed E-state index contributed by atoms with van der Waals surface area (Å²) < 4.78 is 1.65. The number of carboxylic acids is 1. The number of hydrogen-bond donors (Lipinski definition) is 0. The fraction of sp³-hybridized carbons (Fsp3) is 0.333. The molecule has 1 aromatic rings. The second-order valence-corrected chi connectivity index (χ2v) is 2.78. The van der Waals surface area contributed by atoms with Gasteiger partial charge in [-0.3, -0.25) is 0 Å². The van der Waals surface area contributed by atoms with Crippen LogP contribution >= 0.6 is 11.8 Å². The molecule has 0 aliphatic rings. The number of rotatable bonds is 2. The summed E-state index contributed by atoms with van der Waals surface area (Å²) in [5.74, 6) is -1.24. The van der Waals surface area contributed by atoms with Crippen LogP contribution in [0.15, 0.2) is 11.4 Å². The second-order valence-electron chi connectivity index (χ2n) is 2.01. The van der Waals surface area contributed by atoms with E-state index in [-0.39, 0.29) is 35.3 Å². The van der Waals surface area contributed by atoms with Crippen molar-refractivity contribution in [2.75, 3.05) is 6.26 Å². The van der Waals surface area contributed by atoms with Crippen molar-refractivity contribution in [1.82, 2.24) is 9.55 Å². The molecule has 0 saturated heterocycles. The van der Waals surface area contributed by atoms with Crippen LogP contribution in [0.2, 0.25) is 0 Å². The maximum Gasteiger partial charge on any atom is 1.00 e. The zero-order valence-corrected chi connectivity index (χ0v) is 10.0. The summed E-state index contributed by atoms with van der Waals surface area (Å²) in [6.45, 7) is 0. The van der Waals surface area contributed by atoms with Crippen molar-refractivity contribution >= 4 is 17.7 Å². The Bertz CT molecular complexity index is 287. The summed E-state index contributed by atoms with van der Waals surface area (Å²) in [6, 6.07) is 0. The standard InChI is InChI=1S/C6H8N2O2S.Na/c1-8-3-4(5(9)10)7-6(8)11-2;/h3H,1-2H3,(H,9,10);/q;+1/p-1. The van der Waals surface area contributed by atoms with Crippen molar-refractivity contribution in [1.29, 1.82) is 0 Å². The zero-order chi connectivity index (χ0) is 8.43. The van der Waals surface area contributed by atoms with Crippen LogP contribution in [0, 0.1) is 0 Å². The molecule has 1 rings (SSSR count). The minimum absolute atomic E-state index is 0. The van der Waals surface area contributed by atoms with Gasteiger partial charge in [0.1, 0.15) is 5.69 Å². The molecule has 0 saturated carbocycles. The fourth-order valence-corrected chi connectivity index (χ4v) is 1.27. The minimum Gasteiger partial charge on any atom is -0.543 e. The Kier molecular flexibility index (Phi) is 4.92. The Labute approximate surface area is 96.7 Å². The van der Waals surface area contributed by atoms with Gasteiger partial charge < -0.3 is 14.5 Å². The molecule has 0 atom stereocenters. The molecule has 1 heterocycles. The van der Waals surface area contributed by atoms with E-state index in [2.05, 4.69) is 4.98 Å². The molecule has 60 valence electrons. The summed E-state index contributed by atoms with van der Waals surface area (Å²) in [4.78, 5) is 14.1. The molecule has 6 heteroatoms. The third-order valence-corrected chi connectivity index (χ3v) is 1.97. The summed E-state index contributed by atoms with van der Waals surface area (Å²) in [5.41, 5.74) is -0.0168. The van der Waals surface area contributed by atoms with Gasteiger partial charge in [0.05, 0.1) is 5.97 Å². The Morgan fingerprint density at radius 3 is 2.58 bits per heavy atom. The van der Waals surface area contributed by atoms with Gasteiger partial charge in [0.25, 0.3) is 0 Å². The smallest absolute Gasteiger partial charge is 0.543 e. The van der Waals surface area contributed by atoms with Gasteiger partial charge in [0, 0.05) is 13.2 Å². The molecule has 0 aliphatic heterocycles. The predicted molar refractivity (Wildman–Crippen MR) is 39.3 cm³/mol. The van der Waals surface area contributed by atoms with Crippen molar-refractivity contribution in [2.45, 2.75) is 5.16 Å². The largest absolute Gasteiger partial charge is 1.00 e. The maximum absolute atomic E-state index is 10.3. The van der Waals surface area contributed by atoms with Crippen molar-refractivity contribution in [3.63, 3.8) is 0 Å². The van der Waals surface area contributed by atoms with Crippen LogP contribution in [-0.2, 0) is 7.05 Å². The molecule has 4 nitrogen and oxygen atoms in total.